The molecule has 1 aliphatic rings. The van der Waals surface area contributed by atoms with Crippen molar-refractivity contribution in [3.63, 3.8) is 0 Å². The molecule has 13 heavy (non-hydrogen) atoms. The highest BCUT2D eigenvalue weighted by atomic mass is 15.1. The smallest absolute Gasteiger partial charge is 0.0542 e. The second kappa shape index (κ2) is 3.90. The van der Waals surface area contributed by atoms with E-state index in [0.717, 1.165) is 13.1 Å². The first-order valence-electron chi connectivity index (χ1n) is 4.88. The molecule has 1 heterocycles. The van der Waals surface area contributed by atoms with E-state index in [-0.39, 0.29) is 0 Å². The van der Waals surface area contributed by atoms with Gasteiger partial charge in [0.05, 0.1) is 6.17 Å². The van der Waals surface area contributed by atoms with Crippen molar-refractivity contribution < 1.29 is 0 Å². The van der Waals surface area contributed by atoms with Crippen LogP contribution in [0.1, 0.15) is 18.4 Å². The predicted octanol–water partition coefficient (Wildman–Crippen LogP) is 1.31. The monoisotopic (exact) mass is 176 g/mol. The Hall–Kier alpha value is -0.860. The highest BCUT2D eigenvalue weighted by Gasteiger charge is 2.17. The first-order valence-corrected chi connectivity index (χ1v) is 4.88. The third-order valence-corrected chi connectivity index (χ3v) is 2.61. The number of rotatable bonds is 1. The van der Waals surface area contributed by atoms with E-state index in [0.29, 0.717) is 12.1 Å². The Morgan fingerprint density at radius 3 is 2.31 bits per heavy atom. The van der Waals surface area contributed by atoms with E-state index in [4.69, 9.17) is 0 Å². The topological polar surface area (TPSA) is 24.1 Å². The normalized spacial score (nSPS) is 28.7. The summed E-state index contributed by atoms with van der Waals surface area (Å²) in [6.07, 6.45) is 0.458. The molecule has 2 N–H and O–H groups in total. The zero-order valence-electron chi connectivity index (χ0n) is 7.96. The van der Waals surface area contributed by atoms with Crippen molar-refractivity contribution in [2.24, 2.45) is 0 Å². The molecule has 0 aliphatic carbocycles. The van der Waals surface area contributed by atoms with Crippen LogP contribution in [-0.2, 0) is 0 Å². The maximum atomic E-state index is 3.42. The molecule has 0 spiro atoms. The summed E-state index contributed by atoms with van der Waals surface area (Å²) in [6, 6.07) is 10.7. The van der Waals surface area contributed by atoms with Crippen LogP contribution >= 0.6 is 0 Å². The minimum atomic E-state index is 0.458. The van der Waals surface area contributed by atoms with E-state index >= 15 is 0 Å². The molecule has 0 bridgehead atoms. The molecule has 1 aromatic carbocycles. The maximum Gasteiger partial charge on any atom is 0.0542 e. The molecule has 0 amide bonds. The van der Waals surface area contributed by atoms with Gasteiger partial charge in [-0.15, -0.1) is 0 Å². The average molecular weight is 176 g/mol. The molecule has 70 valence electrons. The summed E-state index contributed by atoms with van der Waals surface area (Å²) in [5, 5.41) is 6.84. The van der Waals surface area contributed by atoms with Crippen molar-refractivity contribution in [1.82, 2.24) is 10.6 Å². The van der Waals surface area contributed by atoms with Crippen LogP contribution in [0.4, 0.5) is 0 Å². The van der Waals surface area contributed by atoms with Crippen LogP contribution in [0.3, 0.4) is 0 Å². The average Bonchev–Trinajstić information content (AvgIpc) is 2.20. The maximum absolute atomic E-state index is 3.42. The van der Waals surface area contributed by atoms with Crippen LogP contribution in [0.5, 0.6) is 0 Å². The van der Waals surface area contributed by atoms with E-state index < -0.39 is 0 Å². The van der Waals surface area contributed by atoms with Gasteiger partial charge in [-0.25, -0.2) is 0 Å². The van der Waals surface area contributed by atoms with Gasteiger partial charge in [-0.2, -0.15) is 0 Å². The third kappa shape index (κ3) is 2.08. The van der Waals surface area contributed by atoms with Gasteiger partial charge >= 0.3 is 0 Å². The third-order valence-electron chi connectivity index (χ3n) is 2.61. The highest BCUT2D eigenvalue weighted by molar-refractivity contribution is 5.20. The second-order valence-corrected chi connectivity index (χ2v) is 3.65. The molecule has 1 saturated heterocycles. The van der Waals surface area contributed by atoms with Gasteiger partial charge in [-0.3, -0.25) is 0 Å². The van der Waals surface area contributed by atoms with Crippen LogP contribution in [0.2, 0.25) is 0 Å². The van der Waals surface area contributed by atoms with Crippen molar-refractivity contribution in [2.45, 2.75) is 19.0 Å². The molecule has 2 nitrogen and oxygen atoms in total. The van der Waals surface area contributed by atoms with E-state index in [9.17, 15) is 0 Å². The SMILES string of the molecule is CC1NCC(c2ccccc2)CN1. The molecule has 1 aromatic rings. The Kier molecular flexibility index (Phi) is 2.62. The Bertz CT molecular complexity index is 250. The fourth-order valence-corrected chi connectivity index (χ4v) is 1.74. The van der Waals surface area contributed by atoms with Gasteiger partial charge in [-0.05, 0) is 12.5 Å². The lowest BCUT2D eigenvalue weighted by Gasteiger charge is -2.29. The molecule has 1 aliphatic heterocycles. The fourth-order valence-electron chi connectivity index (χ4n) is 1.74. The minimum Gasteiger partial charge on any atom is -0.301 e. The van der Waals surface area contributed by atoms with Crippen molar-refractivity contribution in [3.8, 4) is 0 Å². The van der Waals surface area contributed by atoms with Crippen LogP contribution in [0, 0.1) is 0 Å². The summed E-state index contributed by atoms with van der Waals surface area (Å²) in [7, 11) is 0. The zero-order chi connectivity index (χ0) is 9.10. The summed E-state index contributed by atoms with van der Waals surface area (Å²) in [4.78, 5) is 0. The number of hydrogen-bond acceptors (Lipinski definition) is 2. The lowest BCUT2D eigenvalue weighted by atomic mass is 9.97. The van der Waals surface area contributed by atoms with Crippen LogP contribution in [0.25, 0.3) is 0 Å². The van der Waals surface area contributed by atoms with Crippen LogP contribution in [-0.4, -0.2) is 19.3 Å². The molecule has 0 saturated carbocycles. The molecular weight excluding hydrogens is 160 g/mol. The highest BCUT2D eigenvalue weighted by Crippen LogP contribution is 2.15. The molecule has 1 fully saturated rings. The number of hydrogen-bond donors (Lipinski definition) is 2. The predicted molar refractivity (Wildman–Crippen MR) is 54.7 cm³/mol. The molecule has 0 atom stereocenters. The van der Waals surface area contributed by atoms with Gasteiger partial charge in [0.2, 0.25) is 0 Å². The molecule has 0 radical (unpaired) electrons. The zero-order valence-corrected chi connectivity index (χ0v) is 7.96. The Morgan fingerprint density at radius 2 is 1.69 bits per heavy atom. The minimum absolute atomic E-state index is 0.458. The van der Waals surface area contributed by atoms with E-state index in [1.54, 1.807) is 0 Å². The lowest BCUT2D eigenvalue weighted by Crippen LogP contribution is -2.49. The molecule has 2 rings (SSSR count). The lowest BCUT2D eigenvalue weighted by molar-refractivity contribution is 0.361. The molecule has 0 aromatic heterocycles. The van der Waals surface area contributed by atoms with Gasteiger partial charge in [0.25, 0.3) is 0 Å². The van der Waals surface area contributed by atoms with Gasteiger partial charge in [0.15, 0.2) is 0 Å². The van der Waals surface area contributed by atoms with Crippen molar-refractivity contribution in [3.05, 3.63) is 35.9 Å². The second-order valence-electron chi connectivity index (χ2n) is 3.65. The standard InChI is InChI=1S/C11H16N2/c1-9-12-7-11(8-13-9)10-5-3-2-4-6-10/h2-6,9,11-13H,7-8H2,1H3. The summed E-state index contributed by atoms with van der Waals surface area (Å²) < 4.78 is 0. The summed E-state index contributed by atoms with van der Waals surface area (Å²) >= 11 is 0. The van der Waals surface area contributed by atoms with Crippen molar-refractivity contribution >= 4 is 0 Å². The fraction of sp³-hybridized carbons (Fsp3) is 0.455. The largest absolute Gasteiger partial charge is 0.301 e. The van der Waals surface area contributed by atoms with Gasteiger partial charge in [0.1, 0.15) is 0 Å². The number of nitrogens with one attached hydrogen (secondary N) is 2. The van der Waals surface area contributed by atoms with E-state index in [1.165, 1.54) is 5.56 Å². The van der Waals surface area contributed by atoms with Crippen molar-refractivity contribution in [1.29, 1.82) is 0 Å². The summed E-state index contributed by atoms with van der Waals surface area (Å²) in [5.41, 5.74) is 1.43. The Morgan fingerprint density at radius 1 is 1.08 bits per heavy atom. The number of benzene rings is 1. The molecule has 2 heteroatoms. The molecular formula is C11H16N2. The van der Waals surface area contributed by atoms with Gasteiger partial charge < -0.3 is 10.6 Å². The quantitative estimate of drug-likeness (QED) is 0.674. The Balaban J connectivity index is 2.03. The van der Waals surface area contributed by atoms with Crippen LogP contribution < -0.4 is 10.6 Å². The summed E-state index contributed by atoms with van der Waals surface area (Å²) in [6.45, 7) is 4.32. The first kappa shape index (κ1) is 8.73. The van der Waals surface area contributed by atoms with E-state index in [2.05, 4.69) is 47.9 Å². The Labute approximate surface area is 79.4 Å². The molecule has 0 unspecified atom stereocenters. The summed E-state index contributed by atoms with van der Waals surface area (Å²) in [5.74, 6) is 0.623. The first-order chi connectivity index (χ1) is 6.36. The van der Waals surface area contributed by atoms with Gasteiger partial charge in [0, 0.05) is 19.0 Å². The van der Waals surface area contributed by atoms with Gasteiger partial charge in [-0.1, -0.05) is 30.3 Å². The van der Waals surface area contributed by atoms with Crippen LogP contribution in [0.15, 0.2) is 30.3 Å². The van der Waals surface area contributed by atoms with Crippen molar-refractivity contribution in [2.75, 3.05) is 13.1 Å². The van der Waals surface area contributed by atoms with E-state index in [1.807, 2.05) is 0 Å².